The first-order chi connectivity index (χ1) is 17.2. The predicted molar refractivity (Wildman–Crippen MR) is 133 cm³/mol. The van der Waals surface area contributed by atoms with Crippen molar-refractivity contribution in [3.63, 3.8) is 0 Å². The van der Waals surface area contributed by atoms with Crippen molar-refractivity contribution in [2.45, 2.75) is 12.5 Å². The number of pyridine rings is 1. The Morgan fingerprint density at radius 2 is 1.80 bits per heavy atom. The highest BCUT2D eigenvalue weighted by Gasteiger charge is 2.33. The quantitative estimate of drug-likeness (QED) is 0.394. The van der Waals surface area contributed by atoms with E-state index in [1.165, 1.54) is 22.8 Å². The van der Waals surface area contributed by atoms with Gasteiger partial charge in [0.1, 0.15) is 5.52 Å². The zero-order valence-electron chi connectivity index (χ0n) is 19.4. The number of methoxy groups -OCH3 is 1. The highest BCUT2D eigenvalue weighted by molar-refractivity contribution is 5.73. The van der Waals surface area contributed by atoms with Crippen molar-refractivity contribution in [1.29, 1.82) is 0 Å². The summed E-state index contributed by atoms with van der Waals surface area (Å²) in [5, 5.41) is 0. The highest BCUT2D eigenvalue weighted by Crippen LogP contribution is 2.38. The number of benzene rings is 2. The van der Waals surface area contributed by atoms with E-state index in [1.54, 1.807) is 25.4 Å². The SMILES string of the molecule is COc1c(-c2nc3cccnc3o2)nc(N2CCc3ccccc3C2c2ccccc2)n(C)c1=O. The Balaban J connectivity index is 1.57. The highest BCUT2D eigenvalue weighted by atomic mass is 16.5. The molecule has 35 heavy (non-hydrogen) atoms. The molecule has 5 aromatic rings. The van der Waals surface area contributed by atoms with Crippen LogP contribution in [0.15, 0.2) is 82.1 Å². The van der Waals surface area contributed by atoms with E-state index in [9.17, 15) is 4.79 Å². The molecular weight excluding hydrogens is 442 g/mol. The lowest BCUT2D eigenvalue weighted by Gasteiger charge is -2.39. The molecule has 3 aromatic heterocycles. The van der Waals surface area contributed by atoms with Gasteiger partial charge in [-0.1, -0.05) is 54.6 Å². The van der Waals surface area contributed by atoms with E-state index in [-0.39, 0.29) is 28.9 Å². The fraction of sp³-hybridized carbons (Fsp3) is 0.185. The summed E-state index contributed by atoms with van der Waals surface area (Å²) in [7, 11) is 3.17. The molecule has 0 saturated carbocycles. The normalized spacial score (nSPS) is 15.3. The van der Waals surface area contributed by atoms with E-state index >= 15 is 0 Å². The standard InChI is InChI=1S/C27H23N5O3/c1-31-26(33)23(34-2)21(25-29-20-13-8-15-28-24(20)35-25)30-27(31)32-16-14-17-9-6-7-12-19(17)22(32)18-10-4-3-5-11-18/h3-13,15,22H,14,16H2,1-2H3. The lowest BCUT2D eigenvalue weighted by atomic mass is 9.88. The van der Waals surface area contributed by atoms with Crippen LogP contribution in [0.3, 0.4) is 0 Å². The van der Waals surface area contributed by atoms with Gasteiger partial charge in [0.15, 0.2) is 5.69 Å². The van der Waals surface area contributed by atoms with Crippen LogP contribution in [0.1, 0.15) is 22.7 Å². The molecule has 1 aliphatic rings. The van der Waals surface area contributed by atoms with E-state index in [1.807, 2.05) is 18.2 Å². The molecule has 0 aliphatic carbocycles. The van der Waals surface area contributed by atoms with E-state index in [2.05, 4.69) is 51.3 Å². The van der Waals surface area contributed by atoms with Gasteiger partial charge < -0.3 is 14.1 Å². The van der Waals surface area contributed by atoms with Crippen molar-refractivity contribution >= 4 is 17.2 Å². The number of rotatable bonds is 4. The minimum absolute atomic E-state index is 0.0801. The monoisotopic (exact) mass is 465 g/mol. The maximum atomic E-state index is 13.4. The van der Waals surface area contributed by atoms with Crippen molar-refractivity contribution < 1.29 is 9.15 Å². The van der Waals surface area contributed by atoms with Crippen LogP contribution in [0.4, 0.5) is 5.95 Å². The fourth-order valence-corrected chi connectivity index (χ4v) is 4.80. The molecule has 8 heteroatoms. The molecule has 8 nitrogen and oxygen atoms in total. The summed E-state index contributed by atoms with van der Waals surface area (Å²) in [5.41, 5.74) is 4.52. The number of aromatic nitrogens is 4. The third kappa shape index (κ3) is 3.45. The zero-order valence-corrected chi connectivity index (χ0v) is 19.4. The van der Waals surface area contributed by atoms with Gasteiger partial charge in [-0.15, -0.1) is 0 Å². The third-order valence-electron chi connectivity index (χ3n) is 6.45. The summed E-state index contributed by atoms with van der Waals surface area (Å²) in [6, 6.07) is 22.2. The lowest BCUT2D eigenvalue weighted by molar-refractivity contribution is 0.401. The first-order valence-electron chi connectivity index (χ1n) is 11.4. The molecule has 0 spiro atoms. The second kappa shape index (κ2) is 8.39. The van der Waals surface area contributed by atoms with Gasteiger partial charge in [-0.05, 0) is 35.2 Å². The summed E-state index contributed by atoms with van der Waals surface area (Å²) in [5.74, 6) is 0.795. The summed E-state index contributed by atoms with van der Waals surface area (Å²) < 4.78 is 12.9. The van der Waals surface area contributed by atoms with Crippen molar-refractivity contribution in [1.82, 2.24) is 19.5 Å². The predicted octanol–water partition coefficient (Wildman–Crippen LogP) is 4.14. The van der Waals surface area contributed by atoms with Gasteiger partial charge in [-0.25, -0.2) is 15.0 Å². The van der Waals surface area contributed by atoms with Crippen LogP contribution >= 0.6 is 0 Å². The summed E-state index contributed by atoms with van der Waals surface area (Å²) in [6.07, 6.45) is 2.47. The third-order valence-corrected chi connectivity index (χ3v) is 6.45. The zero-order chi connectivity index (χ0) is 23.9. The van der Waals surface area contributed by atoms with Gasteiger partial charge in [-0.2, -0.15) is 0 Å². The molecule has 6 rings (SSSR count). The van der Waals surface area contributed by atoms with Gasteiger partial charge in [-0.3, -0.25) is 9.36 Å². The molecule has 2 aromatic carbocycles. The van der Waals surface area contributed by atoms with Gasteiger partial charge in [0, 0.05) is 19.8 Å². The first kappa shape index (κ1) is 21.1. The van der Waals surface area contributed by atoms with E-state index in [0.29, 0.717) is 23.7 Å². The van der Waals surface area contributed by atoms with Crippen molar-refractivity contribution in [2.75, 3.05) is 18.6 Å². The van der Waals surface area contributed by atoms with Crippen LogP contribution in [-0.4, -0.2) is 33.2 Å². The number of nitrogens with zero attached hydrogens (tertiary/aromatic N) is 5. The van der Waals surface area contributed by atoms with E-state index in [4.69, 9.17) is 14.1 Å². The minimum Gasteiger partial charge on any atom is -0.489 e. The molecule has 0 radical (unpaired) electrons. The topological polar surface area (TPSA) is 86.3 Å². The van der Waals surface area contributed by atoms with Crippen LogP contribution in [0.5, 0.6) is 5.75 Å². The molecule has 1 unspecified atom stereocenters. The van der Waals surface area contributed by atoms with Crippen LogP contribution in [0.2, 0.25) is 0 Å². The Kier molecular flexibility index (Phi) is 5.06. The summed E-state index contributed by atoms with van der Waals surface area (Å²) in [4.78, 5) is 29.3. The smallest absolute Gasteiger partial charge is 0.297 e. The fourth-order valence-electron chi connectivity index (χ4n) is 4.80. The van der Waals surface area contributed by atoms with Gasteiger partial charge in [0.2, 0.25) is 17.4 Å². The van der Waals surface area contributed by atoms with Gasteiger partial charge >= 0.3 is 0 Å². The molecule has 1 atom stereocenters. The summed E-state index contributed by atoms with van der Waals surface area (Å²) >= 11 is 0. The van der Waals surface area contributed by atoms with Crippen molar-refractivity contribution in [3.8, 4) is 17.3 Å². The second-order valence-electron chi connectivity index (χ2n) is 8.46. The molecule has 0 bridgehead atoms. The van der Waals surface area contributed by atoms with Crippen LogP contribution in [0, 0.1) is 0 Å². The Bertz CT molecular complexity index is 1560. The first-order valence-corrected chi connectivity index (χ1v) is 11.4. The number of hydrogen-bond acceptors (Lipinski definition) is 7. The van der Waals surface area contributed by atoms with Gasteiger partial charge in [0.25, 0.3) is 11.4 Å². The summed E-state index contributed by atoms with van der Waals surface area (Å²) in [6.45, 7) is 0.692. The average Bonchev–Trinajstić information content (AvgIpc) is 3.34. The van der Waals surface area contributed by atoms with Crippen molar-refractivity contribution in [3.05, 3.63) is 100.0 Å². The van der Waals surface area contributed by atoms with Gasteiger partial charge in [0.05, 0.1) is 13.2 Å². The van der Waals surface area contributed by atoms with E-state index < -0.39 is 0 Å². The number of oxazole rings is 1. The van der Waals surface area contributed by atoms with Crippen LogP contribution in [0.25, 0.3) is 22.8 Å². The van der Waals surface area contributed by atoms with Crippen LogP contribution in [-0.2, 0) is 13.5 Å². The molecule has 0 fully saturated rings. The molecular formula is C27H23N5O3. The Morgan fingerprint density at radius 3 is 2.60 bits per heavy atom. The average molecular weight is 466 g/mol. The maximum Gasteiger partial charge on any atom is 0.297 e. The Morgan fingerprint density at radius 1 is 1.00 bits per heavy atom. The minimum atomic E-state index is -0.312. The van der Waals surface area contributed by atoms with Crippen LogP contribution < -0.4 is 15.2 Å². The van der Waals surface area contributed by atoms with Crippen molar-refractivity contribution in [2.24, 2.45) is 7.05 Å². The number of fused-ring (bicyclic) bond motifs is 2. The molecule has 1 aliphatic heterocycles. The molecule has 4 heterocycles. The Labute approximate surface area is 201 Å². The molecule has 0 amide bonds. The number of hydrogen-bond donors (Lipinski definition) is 0. The second-order valence-corrected chi connectivity index (χ2v) is 8.46. The molecule has 0 saturated heterocycles. The number of ether oxygens (including phenoxy) is 1. The Hall–Kier alpha value is -4.46. The largest absolute Gasteiger partial charge is 0.489 e. The molecule has 0 N–H and O–H groups in total. The van der Waals surface area contributed by atoms with E-state index in [0.717, 1.165) is 12.0 Å². The maximum absolute atomic E-state index is 13.4. The lowest BCUT2D eigenvalue weighted by Crippen LogP contribution is -2.40. The molecule has 174 valence electrons. The number of anilines is 1.